The van der Waals surface area contributed by atoms with Crippen LogP contribution in [0.15, 0.2) is 36.4 Å². The maximum atomic E-state index is 13.0. The summed E-state index contributed by atoms with van der Waals surface area (Å²) >= 11 is 6.26. The van der Waals surface area contributed by atoms with E-state index in [0.29, 0.717) is 35.9 Å². The Morgan fingerprint density at radius 1 is 0.966 bits per heavy atom. The van der Waals surface area contributed by atoms with Crippen molar-refractivity contribution in [2.45, 2.75) is 6.54 Å². The Balaban J connectivity index is 0.00000300. The number of benzene rings is 2. The first-order valence-electron chi connectivity index (χ1n) is 9.12. The van der Waals surface area contributed by atoms with E-state index >= 15 is 0 Å². The van der Waals surface area contributed by atoms with Gasteiger partial charge in [-0.05, 0) is 23.8 Å². The Labute approximate surface area is 182 Å². The molecule has 2 aromatic rings. The number of carbonyl (C=O) groups is 1. The predicted molar refractivity (Wildman–Crippen MR) is 116 cm³/mol. The number of piperazine rings is 1. The van der Waals surface area contributed by atoms with Crippen molar-refractivity contribution >= 4 is 29.9 Å². The van der Waals surface area contributed by atoms with Gasteiger partial charge in [0, 0.05) is 43.3 Å². The quantitative estimate of drug-likeness (QED) is 0.684. The highest BCUT2D eigenvalue weighted by Crippen LogP contribution is 2.38. The summed E-state index contributed by atoms with van der Waals surface area (Å²) in [6, 6.07) is 11.3. The van der Waals surface area contributed by atoms with E-state index in [1.165, 1.54) is 0 Å². The molecule has 1 aliphatic rings. The zero-order chi connectivity index (χ0) is 20.1. The van der Waals surface area contributed by atoms with Gasteiger partial charge in [-0.25, -0.2) is 0 Å². The first kappa shape index (κ1) is 23.1. The summed E-state index contributed by atoms with van der Waals surface area (Å²) in [5.41, 5.74) is 1.63. The topological polar surface area (TPSA) is 51.2 Å². The summed E-state index contributed by atoms with van der Waals surface area (Å²) in [4.78, 5) is 17.1. The van der Waals surface area contributed by atoms with Crippen LogP contribution in [0.4, 0.5) is 0 Å². The molecule has 0 aromatic heterocycles. The molecule has 1 amide bonds. The second kappa shape index (κ2) is 10.6. The summed E-state index contributed by atoms with van der Waals surface area (Å²) in [5.74, 6) is 1.38. The van der Waals surface area contributed by atoms with Crippen LogP contribution in [0, 0.1) is 0 Å². The number of carbonyl (C=O) groups excluding carboxylic acids is 1. The van der Waals surface area contributed by atoms with Crippen molar-refractivity contribution in [2.75, 3.05) is 47.5 Å². The first-order chi connectivity index (χ1) is 13.6. The Morgan fingerprint density at radius 2 is 1.55 bits per heavy atom. The molecule has 0 bridgehead atoms. The summed E-state index contributed by atoms with van der Waals surface area (Å²) in [7, 11) is 4.62. The minimum Gasteiger partial charge on any atom is -0.493 e. The van der Waals surface area contributed by atoms with E-state index in [4.69, 9.17) is 25.8 Å². The second-order valence-electron chi connectivity index (χ2n) is 6.57. The highest BCUT2D eigenvalue weighted by molar-refractivity contribution is 6.31. The molecular formula is C21H26Cl2N2O4. The fourth-order valence-electron chi connectivity index (χ4n) is 3.36. The third kappa shape index (κ3) is 5.26. The molecular weight excluding hydrogens is 415 g/mol. The molecule has 1 fully saturated rings. The van der Waals surface area contributed by atoms with Crippen LogP contribution in [-0.2, 0) is 6.54 Å². The molecule has 1 saturated heterocycles. The average molecular weight is 441 g/mol. The van der Waals surface area contributed by atoms with E-state index in [1.807, 2.05) is 29.2 Å². The average Bonchev–Trinajstić information content (AvgIpc) is 2.74. The van der Waals surface area contributed by atoms with Crippen molar-refractivity contribution in [2.24, 2.45) is 0 Å². The molecule has 3 rings (SSSR count). The second-order valence-corrected chi connectivity index (χ2v) is 6.98. The van der Waals surface area contributed by atoms with Gasteiger partial charge in [-0.15, -0.1) is 12.4 Å². The molecule has 0 N–H and O–H groups in total. The Bertz CT molecular complexity index is 814. The molecule has 29 heavy (non-hydrogen) atoms. The molecule has 158 valence electrons. The zero-order valence-electron chi connectivity index (χ0n) is 16.8. The van der Waals surface area contributed by atoms with Crippen molar-refractivity contribution < 1.29 is 19.0 Å². The SMILES string of the molecule is COc1cc(C(=O)N2CCN(Cc3ccccc3Cl)CC2)cc(OC)c1OC.Cl. The third-order valence-corrected chi connectivity index (χ3v) is 5.29. The molecule has 0 saturated carbocycles. The summed E-state index contributed by atoms with van der Waals surface area (Å²) in [5, 5.41) is 0.776. The number of nitrogens with zero attached hydrogens (tertiary/aromatic N) is 2. The van der Waals surface area contributed by atoms with E-state index in [0.717, 1.165) is 30.2 Å². The highest BCUT2D eigenvalue weighted by Gasteiger charge is 2.25. The fraction of sp³-hybridized carbons (Fsp3) is 0.381. The number of amides is 1. The van der Waals surface area contributed by atoms with E-state index in [-0.39, 0.29) is 18.3 Å². The van der Waals surface area contributed by atoms with Crippen LogP contribution in [0.1, 0.15) is 15.9 Å². The van der Waals surface area contributed by atoms with Crippen LogP contribution < -0.4 is 14.2 Å². The minimum atomic E-state index is -0.0448. The molecule has 1 heterocycles. The van der Waals surface area contributed by atoms with Gasteiger partial charge in [0.25, 0.3) is 5.91 Å². The lowest BCUT2D eigenvalue weighted by atomic mass is 10.1. The molecule has 2 aromatic carbocycles. The first-order valence-corrected chi connectivity index (χ1v) is 9.50. The highest BCUT2D eigenvalue weighted by atomic mass is 35.5. The van der Waals surface area contributed by atoms with Gasteiger partial charge >= 0.3 is 0 Å². The molecule has 0 unspecified atom stereocenters. The van der Waals surface area contributed by atoms with Gasteiger partial charge in [-0.3, -0.25) is 9.69 Å². The van der Waals surface area contributed by atoms with Gasteiger partial charge in [0.05, 0.1) is 21.3 Å². The molecule has 0 radical (unpaired) electrons. The number of hydrogen-bond donors (Lipinski definition) is 0. The van der Waals surface area contributed by atoms with E-state index in [2.05, 4.69) is 4.90 Å². The molecule has 0 spiro atoms. The Hall–Kier alpha value is -2.15. The smallest absolute Gasteiger partial charge is 0.254 e. The number of halogens is 2. The van der Waals surface area contributed by atoms with Crippen molar-refractivity contribution in [3.63, 3.8) is 0 Å². The number of rotatable bonds is 6. The Morgan fingerprint density at radius 3 is 2.07 bits per heavy atom. The molecule has 1 aliphatic heterocycles. The van der Waals surface area contributed by atoms with Gasteiger partial charge in [0.2, 0.25) is 5.75 Å². The van der Waals surface area contributed by atoms with Crippen LogP contribution in [-0.4, -0.2) is 63.2 Å². The van der Waals surface area contributed by atoms with Crippen molar-refractivity contribution in [3.05, 3.63) is 52.5 Å². The monoisotopic (exact) mass is 440 g/mol. The fourth-order valence-corrected chi connectivity index (χ4v) is 3.56. The lowest BCUT2D eigenvalue weighted by Crippen LogP contribution is -2.48. The van der Waals surface area contributed by atoms with Crippen molar-refractivity contribution in [3.8, 4) is 17.2 Å². The van der Waals surface area contributed by atoms with Crippen molar-refractivity contribution in [1.82, 2.24) is 9.80 Å². The van der Waals surface area contributed by atoms with Gasteiger partial charge in [-0.1, -0.05) is 29.8 Å². The van der Waals surface area contributed by atoms with E-state index in [1.54, 1.807) is 33.5 Å². The lowest BCUT2D eigenvalue weighted by Gasteiger charge is -2.35. The summed E-state index contributed by atoms with van der Waals surface area (Å²) in [6.45, 7) is 3.68. The van der Waals surface area contributed by atoms with E-state index < -0.39 is 0 Å². The van der Waals surface area contributed by atoms with Crippen LogP contribution in [0.25, 0.3) is 0 Å². The number of hydrogen-bond acceptors (Lipinski definition) is 5. The number of ether oxygens (including phenoxy) is 3. The van der Waals surface area contributed by atoms with Crippen LogP contribution >= 0.6 is 24.0 Å². The molecule has 0 aliphatic carbocycles. The normalized spacial score (nSPS) is 14.1. The molecule has 6 nitrogen and oxygen atoms in total. The van der Waals surface area contributed by atoms with Crippen LogP contribution in [0.2, 0.25) is 5.02 Å². The number of methoxy groups -OCH3 is 3. The maximum absolute atomic E-state index is 13.0. The Kier molecular flexibility index (Phi) is 8.44. The predicted octanol–water partition coefficient (Wildman–Crippen LogP) is 3.75. The lowest BCUT2D eigenvalue weighted by molar-refractivity contribution is 0.0627. The summed E-state index contributed by atoms with van der Waals surface area (Å²) in [6.07, 6.45) is 0. The minimum absolute atomic E-state index is 0. The van der Waals surface area contributed by atoms with Crippen LogP contribution in [0.3, 0.4) is 0 Å². The summed E-state index contributed by atoms with van der Waals surface area (Å²) < 4.78 is 16.0. The van der Waals surface area contributed by atoms with Gasteiger partial charge in [0.1, 0.15) is 0 Å². The van der Waals surface area contributed by atoms with Gasteiger partial charge < -0.3 is 19.1 Å². The maximum Gasteiger partial charge on any atom is 0.254 e. The van der Waals surface area contributed by atoms with Gasteiger partial charge in [-0.2, -0.15) is 0 Å². The van der Waals surface area contributed by atoms with E-state index in [9.17, 15) is 4.79 Å². The largest absolute Gasteiger partial charge is 0.493 e. The standard InChI is InChI=1S/C21H25ClN2O4.ClH/c1-26-18-12-16(13-19(27-2)20(18)28-3)21(25)24-10-8-23(9-11-24)14-15-6-4-5-7-17(15)22;/h4-7,12-13H,8-11,14H2,1-3H3;1H. The zero-order valence-corrected chi connectivity index (χ0v) is 18.4. The van der Waals surface area contributed by atoms with Crippen molar-refractivity contribution in [1.29, 1.82) is 0 Å². The van der Waals surface area contributed by atoms with Gasteiger partial charge in [0.15, 0.2) is 11.5 Å². The third-order valence-electron chi connectivity index (χ3n) is 4.92. The molecule has 8 heteroatoms. The van der Waals surface area contributed by atoms with Crippen LogP contribution in [0.5, 0.6) is 17.2 Å². The molecule has 0 atom stereocenters.